The van der Waals surface area contributed by atoms with Gasteiger partial charge in [0, 0.05) is 44.3 Å². The van der Waals surface area contributed by atoms with Crippen LogP contribution in [0.4, 0.5) is 34.1 Å². The first kappa shape index (κ1) is 32.6. The summed E-state index contributed by atoms with van der Waals surface area (Å²) >= 11 is 0. The van der Waals surface area contributed by atoms with Crippen molar-refractivity contribution in [1.29, 1.82) is 0 Å². The number of hydrogen-bond acceptors (Lipinski definition) is 2. The number of benzene rings is 7. The third kappa shape index (κ3) is 6.15. The monoisotopic (exact) mass is 676 g/mol. The highest BCUT2D eigenvalue weighted by Gasteiger charge is 2.30. The number of rotatable bonds is 8. The molecule has 0 radical (unpaired) electrons. The molecule has 2 heteroatoms. The lowest BCUT2D eigenvalue weighted by molar-refractivity contribution is 0.419. The second kappa shape index (κ2) is 14.7. The van der Waals surface area contributed by atoms with Gasteiger partial charge in [0.25, 0.3) is 0 Å². The fourth-order valence-corrected chi connectivity index (χ4v) is 9.35. The lowest BCUT2D eigenvalue weighted by Gasteiger charge is -2.35. The standard InChI is InChI=1S/C50H48N2/c1-7-21-37(22-8-1)45-35-47-48(36-46(45)38-23-9-2-10-24-38)50(52(41-29-15-5-16-30-41)42-31-17-6-18-32-42)44-34-20-19-33-43(44)49(47)51(39-25-11-3-12-26-39)40-27-13-4-14-28-40/h3-6,11-20,25-38H,1-2,7-10,21-24H2. The van der Waals surface area contributed by atoms with Gasteiger partial charge >= 0.3 is 0 Å². The van der Waals surface area contributed by atoms with Crippen molar-refractivity contribution in [3.05, 3.63) is 169 Å². The predicted octanol–water partition coefficient (Wildman–Crippen LogP) is 15.0. The molecule has 52 heavy (non-hydrogen) atoms. The largest absolute Gasteiger partial charge is 0.309 e. The van der Waals surface area contributed by atoms with E-state index in [2.05, 4.69) is 168 Å². The molecule has 0 aliphatic heterocycles. The van der Waals surface area contributed by atoms with E-state index in [0.717, 1.165) is 0 Å². The molecular weight excluding hydrogens is 629 g/mol. The highest BCUT2D eigenvalue weighted by Crippen LogP contribution is 2.53. The van der Waals surface area contributed by atoms with Crippen LogP contribution in [0.5, 0.6) is 0 Å². The van der Waals surface area contributed by atoms with Gasteiger partial charge < -0.3 is 9.80 Å². The maximum absolute atomic E-state index is 2.69. The third-order valence-electron chi connectivity index (χ3n) is 11.8. The Balaban J connectivity index is 1.45. The molecule has 0 N–H and O–H groups in total. The second-order valence-electron chi connectivity index (χ2n) is 15.0. The number of para-hydroxylation sites is 4. The number of hydrogen-bond donors (Lipinski definition) is 0. The van der Waals surface area contributed by atoms with Crippen LogP contribution in [0.15, 0.2) is 158 Å². The van der Waals surface area contributed by atoms with Gasteiger partial charge in [0.05, 0.1) is 11.4 Å². The molecule has 0 unspecified atom stereocenters. The van der Waals surface area contributed by atoms with E-state index < -0.39 is 0 Å². The first-order valence-electron chi connectivity index (χ1n) is 19.7. The summed E-state index contributed by atoms with van der Waals surface area (Å²) in [6, 6.07) is 58.5. The number of nitrogens with zero attached hydrogens (tertiary/aromatic N) is 2. The van der Waals surface area contributed by atoms with Crippen LogP contribution in [0.25, 0.3) is 21.5 Å². The fraction of sp³-hybridized carbons (Fsp3) is 0.240. The van der Waals surface area contributed by atoms with Gasteiger partial charge in [0.2, 0.25) is 0 Å². The minimum Gasteiger partial charge on any atom is -0.309 e. The number of anilines is 6. The van der Waals surface area contributed by atoms with Crippen LogP contribution in [0.2, 0.25) is 0 Å². The van der Waals surface area contributed by atoms with Crippen LogP contribution < -0.4 is 9.80 Å². The van der Waals surface area contributed by atoms with Crippen LogP contribution in [-0.2, 0) is 0 Å². The van der Waals surface area contributed by atoms with Crippen molar-refractivity contribution in [3.63, 3.8) is 0 Å². The van der Waals surface area contributed by atoms with Crippen molar-refractivity contribution < 1.29 is 0 Å². The Morgan fingerprint density at radius 3 is 0.904 bits per heavy atom. The van der Waals surface area contributed by atoms with Gasteiger partial charge in [-0.15, -0.1) is 0 Å². The van der Waals surface area contributed by atoms with Gasteiger partial charge in [-0.3, -0.25) is 0 Å². The zero-order valence-electron chi connectivity index (χ0n) is 30.1. The van der Waals surface area contributed by atoms with Gasteiger partial charge in [-0.1, -0.05) is 136 Å². The Kier molecular flexibility index (Phi) is 9.22. The molecule has 0 aromatic heterocycles. The first-order chi connectivity index (χ1) is 25.8. The van der Waals surface area contributed by atoms with Crippen molar-refractivity contribution in [2.75, 3.05) is 9.80 Å². The van der Waals surface area contributed by atoms with E-state index in [-0.39, 0.29) is 0 Å². The minimum atomic E-state index is 0.610. The van der Waals surface area contributed by atoms with Crippen molar-refractivity contribution >= 4 is 55.7 Å². The molecule has 0 bridgehead atoms. The Hall–Kier alpha value is -5.34. The molecule has 2 saturated carbocycles. The van der Waals surface area contributed by atoms with E-state index in [4.69, 9.17) is 0 Å². The molecule has 2 aliphatic rings. The normalized spacial score (nSPS) is 15.5. The van der Waals surface area contributed by atoms with Gasteiger partial charge in [0.1, 0.15) is 0 Å². The topological polar surface area (TPSA) is 6.48 Å². The molecule has 2 nitrogen and oxygen atoms in total. The van der Waals surface area contributed by atoms with Crippen LogP contribution in [0.1, 0.15) is 87.2 Å². The summed E-state index contributed by atoms with van der Waals surface area (Å²) in [5.41, 5.74) is 10.5. The van der Waals surface area contributed by atoms with Crippen molar-refractivity contribution in [2.45, 2.75) is 76.0 Å². The van der Waals surface area contributed by atoms with Gasteiger partial charge in [-0.25, -0.2) is 0 Å². The summed E-state index contributed by atoms with van der Waals surface area (Å²) in [5, 5.41) is 5.18. The van der Waals surface area contributed by atoms with E-state index in [0.29, 0.717) is 11.8 Å². The molecule has 258 valence electrons. The Morgan fingerprint density at radius 1 is 0.308 bits per heavy atom. The maximum Gasteiger partial charge on any atom is 0.0620 e. The van der Waals surface area contributed by atoms with Crippen molar-refractivity contribution in [3.8, 4) is 0 Å². The fourth-order valence-electron chi connectivity index (χ4n) is 9.35. The molecule has 0 atom stereocenters. The van der Waals surface area contributed by atoms with Crippen molar-refractivity contribution in [1.82, 2.24) is 0 Å². The lowest BCUT2D eigenvalue weighted by Crippen LogP contribution is -2.16. The van der Waals surface area contributed by atoms with E-state index in [1.807, 2.05) is 0 Å². The SMILES string of the molecule is c1ccc(N(c2ccccc2)c2c3ccccc3c(N(c3ccccc3)c3ccccc3)c3cc(C4CCCCC4)c(C4CCCCC4)cc23)cc1. The Bertz CT molecular complexity index is 2010. The van der Waals surface area contributed by atoms with Crippen molar-refractivity contribution in [2.24, 2.45) is 0 Å². The average molecular weight is 677 g/mol. The van der Waals surface area contributed by atoms with Gasteiger partial charge in [0.15, 0.2) is 0 Å². The molecule has 0 amide bonds. The molecule has 0 spiro atoms. The average Bonchev–Trinajstić information content (AvgIpc) is 3.23. The van der Waals surface area contributed by atoms with E-state index >= 15 is 0 Å². The summed E-state index contributed by atoms with van der Waals surface area (Å²) in [6.07, 6.45) is 13.2. The third-order valence-corrected chi connectivity index (χ3v) is 11.8. The van der Waals surface area contributed by atoms with E-state index in [1.54, 1.807) is 11.1 Å². The predicted molar refractivity (Wildman–Crippen MR) is 222 cm³/mol. The second-order valence-corrected chi connectivity index (χ2v) is 15.0. The molecule has 7 aromatic carbocycles. The summed E-state index contributed by atoms with van der Waals surface area (Å²) in [7, 11) is 0. The van der Waals surface area contributed by atoms with Gasteiger partial charge in [-0.2, -0.15) is 0 Å². The van der Waals surface area contributed by atoms with Crippen LogP contribution in [0, 0.1) is 0 Å². The van der Waals surface area contributed by atoms with Crippen LogP contribution in [-0.4, -0.2) is 0 Å². The van der Waals surface area contributed by atoms with Crippen LogP contribution >= 0.6 is 0 Å². The molecular formula is C50H48N2. The Morgan fingerprint density at radius 2 is 0.596 bits per heavy atom. The molecule has 7 aromatic rings. The maximum atomic E-state index is 2.69. The zero-order chi connectivity index (χ0) is 34.7. The molecule has 9 rings (SSSR count). The quantitative estimate of drug-likeness (QED) is 0.117. The summed E-state index contributed by atoms with van der Waals surface area (Å²) < 4.78 is 0. The number of fused-ring (bicyclic) bond motifs is 2. The summed E-state index contributed by atoms with van der Waals surface area (Å²) in [5.74, 6) is 1.22. The van der Waals surface area contributed by atoms with Gasteiger partial charge in [-0.05, 0) is 109 Å². The molecule has 2 fully saturated rings. The summed E-state index contributed by atoms with van der Waals surface area (Å²) in [4.78, 5) is 5.05. The highest BCUT2D eigenvalue weighted by molar-refractivity contribution is 6.23. The first-order valence-corrected chi connectivity index (χ1v) is 19.7. The summed E-state index contributed by atoms with van der Waals surface area (Å²) in [6.45, 7) is 0. The van der Waals surface area contributed by atoms with E-state index in [1.165, 1.54) is 120 Å². The zero-order valence-corrected chi connectivity index (χ0v) is 30.1. The molecule has 0 heterocycles. The Labute approximate surface area is 309 Å². The lowest BCUT2D eigenvalue weighted by atomic mass is 9.74. The van der Waals surface area contributed by atoms with Crippen LogP contribution in [0.3, 0.4) is 0 Å². The highest BCUT2D eigenvalue weighted by atomic mass is 15.2. The smallest absolute Gasteiger partial charge is 0.0620 e. The minimum absolute atomic E-state index is 0.610. The molecule has 2 aliphatic carbocycles. The van der Waals surface area contributed by atoms with E-state index in [9.17, 15) is 0 Å². The molecule has 0 saturated heterocycles.